The number of nitrogens with zero attached hydrogens (tertiary/aromatic N) is 1. The van der Waals surface area contributed by atoms with Crippen molar-refractivity contribution in [2.24, 2.45) is 0 Å². The van der Waals surface area contributed by atoms with E-state index in [1.54, 1.807) is 4.90 Å². The summed E-state index contributed by atoms with van der Waals surface area (Å²) in [5.74, 6) is -0.0457. The summed E-state index contributed by atoms with van der Waals surface area (Å²) in [5, 5.41) is 23.7. The van der Waals surface area contributed by atoms with Gasteiger partial charge in [0.05, 0.1) is 24.8 Å². The van der Waals surface area contributed by atoms with Crippen molar-refractivity contribution in [2.75, 3.05) is 24.7 Å². The summed E-state index contributed by atoms with van der Waals surface area (Å²) in [6.07, 6.45) is 0.218. The Balaban J connectivity index is 1.99. The standard InChI is InChI=1S/C17H25N3O4/c1-11-4-5-14(6-12(11)2)20-8-13(7-15(20)23)18-16(24)19-17(3,9-21)10-22/h4-6,13,21-22H,7-10H2,1-3H3,(H2,18,19,24). The summed E-state index contributed by atoms with van der Waals surface area (Å²) in [5.41, 5.74) is 1.99. The van der Waals surface area contributed by atoms with Crippen molar-refractivity contribution in [2.45, 2.75) is 38.8 Å². The Labute approximate surface area is 141 Å². The molecule has 1 fully saturated rings. The molecule has 24 heavy (non-hydrogen) atoms. The Bertz CT molecular complexity index is 628. The number of carbonyl (C=O) groups is 2. The van der Waals surface area contributed by atoms with Gasteiger partial charge in [0.25, 0.3) is 0 Å². The summed E-state index contributed by atoms with van der Waals surface area (Å²) in [6, 6.07) is 5.00. The molecule has 0 spiro atoms. The van der Waals surface area contributed by atoms with Crippen molar-refractivity contribution < 1.29 is 19.8 Å². The highest BCUT2D eigenvalue weighted by atomic mass is 16.3. The first-order valence-electron chi connectivity index (χ1n) is 7.96. The molecule has 1 heterocycles. The second-order valence-electron chi connectivity index (χ2n) is 6.65. The Morgan fingerprint density at radius 2 is 1.96 bits per heavy atom. The van der Waals surface area contributed by atoms with Crippen molar-refractivity contribution >= 4 is 17.6 Å². The number of amides is 3. The van der Waals surface area contributed by atoms with Gasteiger partial charge >= 0.3 is 6.03 Å². The van der Waals surface area contributed by atoms with Gasteiger partial charge in [0.15, 0.2) is 0 Å². The molecular formula is C17H25N3O4. The third-order valence-corrected chi connectivity index (χ3v) is 4.38. The first-order valence-corrected chi connectivity index (χ1v) is 7.96. The molecule has 0 radical (unpaired) electrons. The Morgan fingerprint density at radius 1 is 1.29 bits per heavy atom. The van der Waals surface area contributed by atoms with Gasteiger partial charge in [0.1, 0.15) is 0 Å². The predicted molar refractivity (Wildman–Crippen MR) is 90.9 cm³/mol. The number of aliphatic hydroxyl groups excluding tert-OH is 2. The molecule has 1 aliphatic rings. The lowest BCUT2D eigenvalue weighted by Crippen LogP contribution is -2.56. The highest BCUT2D eigenvalue weighted by Gasteiger charge is 2.33. The molecule has 3 amide bonds. The Hall–Kier alpha value is -2.12. The van der Waals surface area contributed by atoms with E-state index in [9.17, 15) is 19.8 Å². The number of hydrogen-bond donors (Lipinski definition) is 4. The molecule has 7 heteroatoms. The van der Waals surface area contributed by atoms with E-state index in [4.69, 9.17) is 0 Å². The van der Waals surface area contributed by atoms with Crippen molar-refractivity contribution in [3.8, 4) is 0 Å². The van der Waals surface area contributed by atoms with Gasteiger partial charge in [-0.25, -0.2) is 4.79 Å². The zero-order valence-corrected chi connectivity index (χ0v) is 14.3. The van der Waals surface area contributed by atoms with Gasteiger partial charge in [-0.1, -0.05) is 6.07 Å². The molecule has 1 aromatic rings. The van der Waals surface area contributed by atoms with Crippen molar-refractivity contribution in [1.82, 2.24) is 10.6 Å². The molecule has 1 unspecified atom stereocenters. The molecule has 1 aromatic carbocycles. The van der Waals surface area contributed by atoms with E-state index >= 15 is 0 Å². The summed E-state index contributed by atoms with van der Waals surface area (Å²) in [7, 11) is 0. The van der Waals surface area contributed by atoms with Gasteiger partial charge in [-0.05, 0) is 44.0 Å². The van der Waals surface area contributed by atoms with E-state index in [1.807, 2.05) is 32.0 Å². The van der Waals surface area contributed by atoms with Crippen LogP contribution in [0.3, 0.4) is 0 Å². The second-order valence-corrected chi connectivity index (χ2v) is 6.65. The minimum absolute atomic E-state index is 0.0457. The Morgan fingerprint density at radius 3 is 2.54 bits per heavy atom. The van der Waals surface area contributed by atoms with Crippen LogP contribution in [0.4, 0.5) is 10.5 Å². The van der Waals surface area contributed by atoms with Crippen LogP contribution in [0.1, 0.15) is 24.5 Å². The van der Waals surface area contributed by atoms with Crippen LogP contribution >= 0.6 is 0 Å². The van der Waals surface area contributed by atoms with Crippen LogP contribution in [0.15, 0.2) is 18.2 Å². The first kappa shape index (κ1) is 18.2. The molecular weight excluding hydrogens is 310 g/mol. The molecule has 1 atom stereocenters. The van der Waals surface area contributed by atoms with Gasteiger partial charge < -0.3 is 25.7 Å². The molecule has 1 aliphatic heterocycles. The SMILES string of the molecule is Cc1ccc(N2CC(NC(=O)NC(C)(CO)CO)CC2=O)cc1C. The summed E-state index contributed by atoms with van der Waals surface area (Å²) >= 11 is 0. The third-order valence-electron chi connectivity index (χ3n) is 4.38. The third kappa shape index (κ3) is 4.04. The maximum atomic E-state index is 12.2. The molecule has 0 bridgehead atoms. The van der Waals surface area contributed by atoms with E-state index in [1.165, 1.54) is 6.92 Å². The van der Waals surface area contributed by atoms with Crippen molar-refractivity contribution in [1.29, 1.82) is 0 Å². The monoisotopic (exact) mass is 335 g/mol. The quantitative estimate of drug-likeness (QED) is 0.627. The van der Waals surface area contributed by atoms with Gasteiger partial charge in [0, 0.05) is 18.7 Å². The number of aryl methyl sites for hydroxylation is 2. The minimum Gasteiger partial charge on any atom is -0.394 e. The highest BCUT2D eigenvalue weighted by molar-refractivity contribution is 5.97. The zero-order valence-electron chi connectivity index (χ0n) is 14.3. The second kappa shape index (κ2) is 7.19. The van der Waals surface area contributed by atoms with E-state index in [-0.39, 0.29) is 31.6 Å². The average Bonchev–Trinajstić information content (AvgIpc) is 2.90. The lowest BCUT2D eigenvalue weighted by molar-refractivity contribution is -0.117. The summed E-state index contributed by atoms with van der Waals surface area (Å²) in [4.78, 5) is 25.9. The molecule has 0 aromatic heterocycles. The minimum atomic E-state index is -1.10. The first-order chi connectivity index (χ1) is 11.3. The number of urea groups is 1. The number of nitrogens with one attached hydrogen (secondary N) is 2. The van der Waals surface area contributed by atoms with Crippen molar-refractivity contribution in [3.05, 3.63) is 29.3 Å². The van der Waals surface area contributed by atoms with E-state index in [0.29, 0.717) is 6.54 Å². The number of rotatable bonds is 5. The molecule has 7 nitrogen and oxygen atoms in total. The fourth-order valence-corrected chi connectivity index (χ4v) is 2.57. The van der Waals surface area contributed by atoms with Gasteiger partial charge in [0.2, 0.25) is 5.91 Å². The summed E-state index contributed by atoms with van der Waals surface area (Å²) < 4.78 is 0. The largest absolute Gasteiger partial charge is 0.394 e. The highest BCUT2D eigenvalue weighted by Crippen LogP contribution is 2.24. The topological polar surface area (TPSA) is 102 Å². The molecule has 4 N–H and O–H groups in total. The number of anilines is 1. The molecule has 1 saturated heterocycles. The molecule has 0 aliphatic carbocycles. The van der Waals surface area contributed by atoms with Crippen LogP contribution in [-0.2, 0) is 4.79 Å². The Kier molecular flexibility index (Phi) is 5.46. The average molecular weight is 335 g/mol. The van der Waals surface area contributed by atoms with Crippen LogP contribution in [0, 0.1) is 13.8 Å². The van der Waals surface area contributed by atoms with Crippen LogP contribution < -0.4 is 15.5 Å². The molecule has 132 valence electrons. The number of carbonyl (C=O) groups excluding carboxylic acids is 2. The van der Waals surface area contributed by atoms with Gasteiger partial charge in [-0.3, -0.25) is 4.79 Å². The maximum Gasteiger partial charge on any atom is 0.315 e. The van der Waals surface area contributed by atoms with Crippen molar-refractivity contribution in [3.63, 3.8) is 0 Å². The number of benzene rings is 1. The molecule has 2 rings (SSSR count). The van der Waals surface area contributed by atoms with E-state index in [0.717, 1.165) is 16.8 Å². The van der Waals surface area contributed by atoms with Crippen LogP contribution in [-0.4, -0.2) is 53.5 Å². The summed E-state index contributed by atoms with van der Waals surface area (Å²) in [6.45, 7) is 5.17. The number of aliphatic hydroxyl groups is 2. The van der Waals surface area contributed by atoms with Gasteiger partial charge in [-0.15, -0.1) is 0 Å². The maximum absolute atomic E-state index is 12.2. The lowest BCUT2D eigenvalue weighted by atomic mass is 10.1. The lowest BCUT2D eigenvalue weighted by Gasteiger charge is -2.27. The van der Waals surface area contributed by atoms with Crippen LogP contribution in [0.2, 0.25) is 0 Å². The van der Waals surface area contributed by atoms with Gasteiger partial charge in [-0.2, -0.15) is 0 Å². The zero-order chi connectivity index (χ0) is 17.9. The van der Waals surface area contributed by atoms with Crippen LogP contribution in [0.5, 0.6) is 0 Å². The smallest absolute Gasteiger partial charge is 0.315 e. The van der Waals surface area contributed by atoms with E-state index < -0.39 is 11.6 Å². The normalized spacial score (nSPS) is 18.0. The predicted octanol–water partition coefficient (Wildman–Crippen LogP) is 0.451. The fourth-order valence-electron chi connectivity index (χ4n) is 2.57. The number of hydrogen-bond acceptors (Lipinski definition) is 4. The van der Waals surface area contributed by atoms with E-state index in [2.05, 4.69) is 10.6 Å². The van der Waals surface area contributed by atoms with Crippen LogP contribution in [0.25, 0.3) is 0 Å². The molecule has 0 saturated carbocycles. The fraction of sp³-hybridized carbons (Fsp3) is 0.529.